The van der Waals surface area contributed by atoms with Gasteiger partial charge in [-0.2, -0.15) is 0 Å². The van der Waals surface area contributed by atoms with Gasteiger partial charge in [0.2, 0.25) is 0 Å². The molecular formula is C20H30FN3O3Si. The molecule has 154 valence electrons. The van der Waals surface area contributed by atoms with Crippen LogP contribution in [0.15, 0.2) is 18.5 Å². The number of fused-ring (bicyclic) bond motifs is 1. The summed E-state index contributed by atoms with van der Waals surface area (Å²) in [6.45, 7) is 10.8. The molecule has 0 aliphatic carbocycles. The predicted molar refractivity (Wildman–Crippen MR) is 110 cm³/mol. The van der Waals surface area contributed by atoms with Gasteiger partial charge in [-0.25, -0.2) is 9.37 Å². The molecule has 0 unspecified atom stereocenters. The van der Waals surface area contributed by atoms with Gasteiger partial charge in [0.15, 0.2) is 17.4 Å². The second-order valence-electron chi connectivity index (χ2n) is 8.92. The zero-order chi connectivity index (χ0) is 19.8. The van der Waals surface area contributed by atoms with Crippen LogP contribution in [0.4, 0.5) is 10.2 Å². The third-order valence-corrected chi connectivity index (χ3v) is 7.32. The Hall–Kier alpha value is -1.48. The Bertz CT molecular complexity index is 820. The first kappa shape index (κ1) is 19.8. The zero-order valence-electron chi connectivity index (χ0n) is 17.0. The Morgan fingerprint density at radius 1 is 1.21 bits per heavy atom. The SMILES string of the molecule is C[Si](C)(C)CCOCn1ccc2c(F)c(N3CCC4(CC3)OCCO4)ncc21. The fourth-order valence-corrected chi connectivity index (χ4v) is 4.59. The van der Waals surface area contributed by atoms with Gasteiger partial charge in [0, 0.05) is 52.2 Å². The average molecular weight is 408 g/mol. The Balaban J connectivity index is 1.43. The minimum Gasteiger partial charge on any atom is -0.361 e. The van der Waals surface area contributed by atoms with Crippen LogP contribution in [0.3, 0.4) is 0 Å². The van der Waals surface area contributed by atoms with Crippen molar-refractivity contribution >= 4 is 24.8 Å². The second-order valence-corrected chi connectivity index (χ2v) is 14.5. The third kappa shape index (κ3) is 4.10. The highest BCUT2D eigenvalue weighted by Crippen LogP contribution is 2.34. The summed E-state index contributed by atoms with van der Waals surface area (Å²) in [5.41, 5.74) is 0.769. The summed E-state index contributed by atoms with van der Waals surface area (Å²) in [7, 11) is -1.11. The van der Waals surface area contributed by atoms with Gasteiger partial charge < -0.3 is 23.7 Å². The van der Waals surface area contributed by atoms with Crippen molar-refractivity contribution in [2.75, 3.05) is 37.8 Å². The molecule has 6 nitrogen and oxygen atoms in total. The summed E-state index contributed by atoms with van der Waals surface area (Å²) >= 11 is 0. The molecule has 2 aromatic heterocycles. The second kappa shape index (κ2) is 7.74. The van der Waals surface area contributed by atoms with Gasteiger partial charge >= 0.3 is 0 Å². The van der Waals surface area contributed by atoms with Crippen LogP contribution in [-0.4, -0.2) is 56.3 Å². The minimum absolute atomic E-state index is 0.262. The number of anilines is 1. The van der Waals surface area contributed by atoms with Crippen LogP contribution in [-0.2, 0) is 20.9 Å². The minimum atomic E-state index is -1.11. The van der Waals surface area contributed by atoms with Crippen LogP contribution in [0.5, 0.6) is 0 Å². The van der Waals surface area contributed by atoms with Crippen LogP contribution in [0.25, 0.3) is 10.9 Å². The lowest BCUT2D eigenvalue weighted by atomic mass is 10.0. The highest BCUT2D eigenvalue weighted by molar-refractivity contribution is 6.76. The first-order chi connectivity index (χ1) is 13.4. The number of hydrogen-bond donors (Lipinski definition) is 0. The smallest absolute Gasteiger partial charge is 0.175 e. The van der Waals surface area contributed by atoms with E-state index in [1.807, 2.05) is 21.7 Å². The lowest BCUT2D eigenvalue weighted by Crippen LogP contribution is -2.45. The van der Waals surface area contributed by atoms with Gasteiger partial charge in [0.25, 0.3) is 0 Å². The lowest BCUT2D eigenvalue weighted by molar-refractivity contribution is -0.169. The number of pyridine rings is 1. The number of piperidine rings is 1. The largest absolute Gasteiger partial charge is 0.361 e. The fourth-order valence-electron chi connectivity index (χ4n) is 3.83. The number of rotatable bonds is 6. The first-order valence-electron chi connectivity index (χ1n) is 10.1. The van der Waals surface area contributed by atoms with Crippen molar-refractivity contribution in [1.82, 2.24) is 9.55 Å². The number of ether oxygens (including phenoxy) is 3. The van der Waals surface area contributed by atoms with E-state index < -0.39 is 13.9 Å². The van der Waals surface area contributed by atoms with Crippen molar-refractivity contribution in [2.24, 2.45) is 0 Å². The van der Waals surface area contributed by atoms with Gasteiger partial charge in [-0.15, -0.1) is 0 Å². The van der Waals surface area contributed by atoms with E-state index in [1.165, 1.54) is 0 Å². The van der Waals surface area contributed by atoms with E-state index in [0.29, 0.717) is 44.2 Å². The molecule has 4 rings (SSSR count). The average Bonchev–Trinajstić information content (AvgIpc) is 3.27. The Labute approximate surface area is 166 Å². The van der Waals surface area contributed by atoms with E-state index in [-0.39, 0.29) is 5.82 Å². The molecule has 8 heteroatoms. The topological polar surface area (TPSA) is 48.8 Å². The first-order valence-corrected chi connectivity index (χ1v) is 13.8. The Kier molecular flexibility index (Phi) is 5.48. The van der Waals surface area contributed by atoms with Gasteiger partial charge in [-0.3, -0.25) is 0 Å². The summed E-state index contributed by atoms with van der Waals surface area (Å²) in [5.74, 6) is -0.312. The molecule has 2 aliphatic rings. The fraction of sp³-hybridized carbons (Fsp3) is 0.650. The Morgan fingerprint density at radius 2 is 1.93 bits per heavy atom. The van der Waals surface area contributed by atoms with Gasteiger partial charge in [0.05, 0.1) is 24.9 Å². The zero-order valence-corrected chi connectivity index (χ0v) is 18.0. The molecule has 0 bridgehead atoms. The normalized spacial score (nSPS) is 19.8. The quantitative estimate of drug-likeness (QED) is 0.538. The Morgan fingerprint density at radius 3 is 2.61 bits per heavy atom. The van der Waals surface area contributed by atoms with Crippen molar-refractivity contribution in [3.8, 4) is 0 Å². The van der Waals surface area contributed by atoms with Gasteiger partial charge in [-0.05, 0) is 12.1 Å². The van der Waals surface area contributed by atoms with E-state index in [4.69, 9.17) is 14.2 Å². The standard InChI is InChI=1S/C20H30FN3O3Si/c1-28(2,3)13-12-25-15-24-7-4-16-17(24)14-22-19(18(16)21)23-8-5-20(6-9-23)26-10-11-27-20/h4,7,14H,5-6,8-13,15H2,1-3H3. The third-order valence-electron chi connectivity index (χ3n) is 5.61. The van der Waals surface area contributed by atoms with E-state index in [9.17, 15) is 0 Å². The van der Waals surface area contributed by atoms with Crippen molar-refractivity contribution in [2.45, 2.75) is 51.0 Å². The molecule has 4 heterocycles. The van der Waals surface area contributed by atoms with Crippen LogP contribution in [0.1, 0.15) is 12.8 Å². The molecule has 2 aromatic rings. The van der Waals surface area contributed by atoms with Crippen molar-refractivity contribution < 1.29 is 18.6 Å². The molecular weight excluding hydrogens is 377 g/mol. The number of aromatic nitrogens is 2. The number of hydrogen-bond acceptors (Lipinski definition) is 5. The van der Waals surface area contributed by atoms with Crippen LogP contribution in [0, 0.1) is 5.82 Å². The van der Waals surface area contributed by atoms with Crippen LogP contribution in [0.2, 0.25) is 25.7 Å². The molecule has 0 radical (unpaired) electrons. The predicted octanol–water partition coefficient (Wildman–Crippen LogP) is 3.83. The van der Waals surface area contributed by atoms with Gasteiger partial charge in [-0.1, -0.05) is 19.6 Å². The maximum atomic E-state index is 15.2. The van der Waals surface area contributed by atoms with Crippen molar-refractivity contribution in [3.05, 3.63) is 24.3 Å². The summed E-state index contributed by atoms with van der Waals surface area (Å²) in [6, 6.07) is 2.93. The maximum Gasteiger partial charge on any atom is 0.175 e. The molecule has 0 saturated carbocycles. The van der Waals surface area contributed by atoms with Gasteiger partial charge in [0.1, 0.15) is 6.73 Å². The highest BCUT2D eigenvalue weighted by Gasteiger charge is 2.40. The molecule has 2 aliphatic heterocycles. The molecule has 0 atom stereocenters. The summed E-state index contributed by atoms with van der Waals surface area (Å²) in [6.07, 6.45) is 5.10. The number of nitrogens with zero attached hydrogens (tertiary/aromatic N) is 3. The molecule has 2 saturated heterocycles. The van der Waals surface area contributed by atoms with Crippen LogP contribution >= 0.6 is 0 Å². The highest BCUT2D eigenvalue weighted by atomic mass is 28.3. The van der Waals surface area contributed by atoms with Crippen molar-refractivity contribution in [3.63, 3.8) is 0 Å². The molecule has 28 heavy (non-hydrogen) atoms. The number of halogens is 1. The van der Waals surface area contributed by atoms with E-state index in [2.05, 4.69) is 24.6 Å². The van der Waals surface area contributed by atoms with E-state index in [1.54, 1.807) is 6.20 Å². The molecule has 0 N–H and O–H groups in total. The molecule has 2 fully saturated rings. The summed E-state index contributed by atoms with van der Waals surface area (Å²) in [5, 5.41) is 0.590. The van der Waals surface area contributed by atoms with Crippen LogP contribution < -0.4 is 4.90 Å². The van der Waals surface area contributed by atoms with E-state index in [0.717, 1.165) is 31.0 Å². The molecule has 0 amide bonds. The lowest BCUT2D eigenvalue weighted by Gasteiger charge is -2.38. The molecule has 1 spiro atoms. The summed E-state index contributed by atoms with van der Waals surface area (Å²) < 4.78 is 34.4. The molecule has 0 aromatic carbocycles. The maximum absolute atomic E-state index is 15.2. The van der Waals surface area contributed by atoms with E-state index >= 15 is 4.39 Å². The van der Waals surface area contributed by atoms with Crippen molar-refractivity contribution in [1.29, 1.82) is 0 Å². The summed E-state index contributed by atoms with van der Waals surface area (Å²) in [4.78, 5) is 6.44. The monoisotopic (exact) mass is 407 g/mol.